The number of hydrogen-bond donors (Lipinski definition) is 0. The second-order valence-corrected chi connectivity index (χ2v) is 3.45. The van der Waals surface area contributed by atoms with E-state index < -0.39 is 0 Å². The Morgan fingerprint density at radius 1 is 1.00 bits per heavy atom. The van der Waals surface area contributed by atoms with Gasteiger partial charge in [0, 0.05) is 0 Å². The highest BCUT2D eigenvalue weighted by atomic mass is 14.1. The molecule has 1 aliphatic rings. The van der Waals surface area contributed by atoms with E-state index in [0.717, 1.165) is 0 Å². The zero-order chi connectivity index (χ0) is 11.1. The summed E-state index contributed by atoms with van der Waals surface area (Å²) in [4.78, 5) is 0. The average Bonchev–Trinajstić information content (AvgIpc) is 2.33. The van der Waals surface area contributed by atoms with Crippen molar-refractivity contribution in [2.24, 2.45) is 0 Å². The van der Waals surface area contributed by atoms with Crippen molar-refractivity contribution in [3.8, 4) is 0 Å². The third-order valence-corrected chi connectivity index (χ3v) is 2.45. The van der Waals surface area contributed by atoms with Crippen LogP contribution in [-0.4, -0.2) is 0 Å². The molecule has 0 atom stereocenters. The normalized spacial score (nSPS) is 13.9. The van der Waals surface area contributed by atoms with Gasteiger partial charge in [0.2, 0.25) is 0 Å². The molecule has 0 heteroatoms. The Labute approximate surface area is 93.3 Å². The molecule has 0 heterocycles. The molecule has 0 aliphatic heterocycles. The lowest BCUT2D eigenvalue weighted by Crippen LogP contribution is -1.88. The van der Waals surface area contributed by atoms with Gasteiger partial charge >= 0.3 is 0 Å². The van der Waals surface area contributed by atoms with Crippen LogP contribution in [0.25, 0.3) is 5.57 Å². The first-order valence-corrected chi connectivity index (χ1v) is 5.80. The number of hydrogen-bond acceptors (Lipinski definition) is 0. The first-order chi connectivity index (χ1) is 7.38. The predicted molar refractivity (Wildman–Crippen MR) is 68.9 cm³/mol. The van der Waals surface area contributed by atoms with Crippen LogP contribution < -0.4 is 0 Å². The third-order valence-electron chi connectivity index (χ3n) is 2.45. The van der Waals surface area contributed by atoms with Gasteiger partial charge in [0.05, 0.1) is 0 Å². The minimum Gasteiger partial charge on any atom is -0.0836 e. The van der Waals surface area contributed by atoms with E-state index in [1.165, 1.54) is 29.5 Å². The van der Waals surface area contributed by atoms with Gasteiger partial charge in [-0.3, -0.25) is 0 Å². The van der Waals surface area contributed by atoms with Crippen molar-refractivity contribution in [2.75, 3.05) is 0 Å². The highest BCUT2D eigenvalue weighted by Gasteiger charge is 2.02. The number of benzene rings is 1. The summed E-state index contributed by atoms with van der Waals surface area (Å²) in [6, 6.07) is 8.55. The average molecular weight is 200 g/mol. The molecule has 0 spiro atoms. The summed E-state index contributed by atoms with van der Waals surface area (Å²) in [5.74, 6) is 0. The second kappa shape index (κ2) is 6.23. The molecule has 0 N–H and O–H groups in total. The Hall–Kier alpha value is -1.30. The fraction of sp³-hybridized carbons (Fsp3) is 0.333. The maximum atomic E-state index is 2.32. The van der Waals surface area contributed by atoms with Crippen LogP contribution in [0.2, 0.25) is 0 Å². The Kier molecular flexibility index (Phi) is 4.89. The summed E-state index contributed by atoms with van der Waals surface area (Å²) in [5.41, 5.74) is 4.11. The molecule has 0 nitrogen and oxygen atoms in total. The fourth-order valence-electron chi connectivity index (χ4n) is 1.71. The van der Waals surface area contributed by atoms with Crippen molar-refractivity contribution in [1.29, 1.82) is 0 Å². The molecule has 1 aromatic carbocycles. The van der Waals surface area contributed by atoms with Crippen molar-refractivity contribution in [3.63, 3.8) is 0 Å². The summed E-state index contributed by atoms with van der Waals surface area (Å²) >= 11 is 0. The van der Waals surface area contributed by atoms with Crippen LogP contribution in [-0.2, 0) is 0 Å². The summed E-state index contributed by atoms with van der Waals surface area (Å²) in [5, 5.41) is 0. The zero-order valence-corrected chi connectivity index (χ0v) is 9.96. The number of rotatable bonds is 1. The molecule has 1 aliphatic carbocycles. The molecule has 0 aromatic heterocycles. The van der Waals surface area contributed by atoms with Crippen molar-refractivity contribution >= 4 is 5.57 Å². The topological polar surface area (TPSA) is 0 Å². The summed E-state index contributed by atoms with van der Waals surface area (Å²) in [6.45, 7) is 6.17. The highest BCUT2D eigenvalue weighted by Crippen LogP contribution is 2.23. The molecule has 0 amide bonds. The first kappa shape index (κ1) is 11.8. The predicted octanol–water partition coefficient (Wildman–Crippen LogP) is 4.75. The zero-order valence-electron chi connectivity index (χ0n) is 9.96. The summed E-state index contributed by atoms with van der Waals surface area (Å²) < 4.78 is 0. The molecule has 0 unspecified atom stereocenters. The van der Waals surface area contributed by atoms with Gasteiger partial charge in [-0.15, -0.1) is 0 Å². The lowest BCUT2D eigenvalue weighted by molar-refractivity contribution is 1.04. The molecule has 2 rings (SSSR count). The fourth-order valence-corrected chi connectivity index (χ4v) is 1.71. The Morgan fingerprint density at radius 2 is 1.73 bits per heavy atom. The monoisotopic (exact) mass is 200 g/mol. The quantitative estimate of drug-likeness (QED) is 0.613. The van der Waals surface area contributed by atoms with Gasteiger partial charge < -0.3 is 0 Å². The smallest absolute Gasteiger partial charge is 0.0158 e. The lowest BCUT2D eigenvalue weighted by atomic mass is 9.96. The minimum absolute atomic E-state index is 1.18. The molecule has 0 bridgehead atoms. The molecule has 0 saturated carbocycles. The SMILES string of the molecule is CC.Cc1ccccc1C1=CCCC=C1. The Morgan fingerprint density at radius 3 is 2.33 bits per heavy atom. The van der Waals surface area contributed by atoms with Crippen LogP contribution >= 0.6 is 0 Å². The van der Waals surface area contributed by atoms with Gasteiger partial charge in [-0.1, -0.05) is 56.3 Å². The number of aryl methyl sites for hydroxylation is 1. The van der Waals surface area contributed by atoms with Crippen LogP contribution in [0.3, 0.4) is 0 Å². The molecule has 0 radical (unpaired) electrons. The van der Waals surface area contributed by atoms with E-state index in [0.29, 0.717) is 0 Å². The van der Waals surface area contributed by atoms with Gasteiger partial charge in [0.1, 0.15) is 0 Å². The third kappa shape index (κ3) is 3.09. The van der Waals surface area contributed by atoms with Gasteiger partial charge in [0.25, 0.3) is 0 Å². The standard InChI is InChI=1S/C13H14.C2H6/c1-11-7-5-6-10-13(11)12-8-3-2-4-9-12;1-2/h3,5-10H,2,4H2,1H3;1-2H3. The number of allylic oxidation sites excluding steroid dienone is 4. The molecule has 0 fully saturated rings. The molecular formula is C15H20. The van der Waals surface area contributed by atoms with E-state index in [1.807, 2.05) is 13.8 Å². The van der Waals surface area contributed by atoms with Gasteiger partial charge in [0.15, 0.2) is 0 Å². The summed E-state index contributed by atoms with van der Waals surface area (Å²) in [6.07, 6.45) is 9.17. The van der Waals surface area contributed by atoms with E-state index in [-0.39, 0.29) is 0 Å². The summed E-state index contributed by atoms with van der Waals surface area (Å²) in [7, 11) is 0. The van der Waals surface area contributed by atoms with E-state index >= 15 is 0 Å². The maximum absolute atomic E-state index is 2.32. The molecule has 80 valence electrons. The molecular weight excluding hydrogens is 180 g/mol. The van der Waals surface area contributed by atoms with Gasteiger partial charge in [-0.2, -0.15) is 0 Å². The van der Waals surface area contributed by atoms with Crippen molar-refractivity contribution in [3.05, 3.63) is 53.6 Å². The van der Waals surface area contributed by atoms with Crippen LogP contribution in [0, 0.1) is 6.92 Å². The van der Waals surface area contributed by atoms with Crippen molar-refractivity contribution in [1.82, 2.24) is 0 Å². The van der Waals surface area contributed by atoms with Crippen LogP contribution in [0.15, 0.2) is 42.5 Å². The van der Waals surface area contributed by atoms with Gasteiger partial charge in [-0.25, -0.2) is 0 Å². The Balaban J connectivity index is 0.000000531. The lowest BCUT2D eigenvalue weighted by Gasteiger charge is -2.09. The Bertz CT molecular complexity index is 356. The van der Waals surface area contributed by atoms with E-state index in [2.05, 4.69) is 49.4 Å². The largest absolute Gasteiger partial charge is 0.0836 e. The van der Waals surface area contributed by atoms with E-state index in [1.54, 1.807) is 0 Å². The van der Waals surface area contributed by atoms with E-state index in [9.17, 15) is 0 Å². The first-order valence-electron chi connectivity index (χ1n) is 5.80. The van der Waals surface area contributed by atoms with Crippen LogP contribution in [0.1, 0.15) is 37.8 Å². The van der Waals surface area contributed by atoms with Crippen molar-refractivity contribution in [2.45, 2.75) is 33.6 Å². The van der Waals surface area contributed by atoms with Crippen LogP contribution in [0.5, 0.6) is 0 Å². The minimum atomic E-state index is 1.18. The van der Waals surface area contributed by atoms with Gasteiger partial charge in [-0.05, 0) is 36.5 Å². The second-order valence-electron chi connectivity index (χ2n) is 3.45. The van der Waals surface area contributed by atoms with Crippen LogP contribution in [0.4, 0.5) is 0 Å². The maximum Gasteiger partial charge on any atom is -0.0158 e. The van der Waals surface area contributed by atoms with Crippen molar-refractivity contribution < 1.29 is 0 Å². The highest BCUT2D eigenvalue weighted by molar-refractivity contribution is 5.76. The molecule has 15 heavy (non-hydrogen) atoms. The van der Waals surface area contributed by atoms with E-state index in [4.69, 9.17) is 0 Å². The molecule has 0 saturated heterocycles. The molecule has 1 aromatic rings.